The molecule has 2 N–H and O–H groups in total. The Morgan fingerprint density at radius 2 is 2.10 bits per heavy atom. The van der Waals surface area contributed by atoms with Crippen molar-refractivity contribution in [3.05, 3.63) is 18.3 Å². The highest BCUT2D eigenvalue weighted by atomic mass is 32.2. The van der Waals surface area contributed by atoms with Crippen LogP contribution in [0.15, 0.2) is 23.4 Å². The molecule has 0 spiro atoms. The molecule has 1 aliphatic rings. The lowest BCUT2D eigenvalue weighted by Gasteiger charge is -2.21. The van der Waals surface area contributed by atoms with E-state index in [2.05, 4.69) is 18.8 Å². The molecule has 20 heavy (non-hydrogen) atoms. The summed E-state index contributed by atoms with van der Waals surface area (Å²) in [5.41, 5.74) is 5.98. The highest BCUT2D eigenvalue weighted by molar-refractivity contribution is 7.89. The maximum atomic E-state index is 12.6. The lowest BCUT2D eigenvalue weighted by molar-refractivity contribution is 0.340. The van der Waals surface area contributed by atoms with Crippen molar-refractivity contribution >= 4 is 15.7 Å². The number of nitrogens with two attached hydrogens (primary N) is 1. The van der Waals surface area contributed by atoms with E-state index in [1.807, 2.05) is 0 Å². The fraction of sp³-hybridized carbons (Fsp3) is 0.643. The van der Waals surface area contributed by atoms with Crippen LogP contribution in [0.4, 0.5) is 5.69 Å². The summed E-state index contributed by atoms with van der Waals surface area (Å²) in [6, 6.07) is 3.22. The number of anilines is 1. The van der Waals surface area contributed by atoms with Crippen LogP contribution in [0.5, 0.6) is 0 Å². The Bertz CT molecular complexity index is 557. The van der Waals surface area contributed by atoms with Gasteiger partial charge in [0.25, 0.3) is 10.0 Å². The molecule has 112 valence electrons. The van der Waals surface area contributed by atoms with E-state index in [1.165, 1.54) is 10.5 Å². The SMILES string of the molecule is CC(C)C1CCCN(S(=O)(=O)c2ncccc2N)CC1. The summed E-state index contributed by atoms with van der Waals surface area (Å²) in [5.74, 6) is 1.19. The van der Waals surface area contributed by atoms with Gasteiger partial charge in [-0.1, -0.05) is 13.8 Å². The molecule has 2 rings (SSSR count). The average molecular weight is 297 g/mol. The van der Waals surface area contributed by atoms with Gasteiger partial charge in [0.15, 0.2) is 5.03 Å². The van der Waals surface area contributed by atoms with E-state index in [-0.39, 0.29) is 10.7 Å². The number of nitrogen functional groups attached to an aromatic ring is 1. The van der Waals surface area contributed by atoms with Crippen LogP contribution in [-0.4, -0.2) is 30.8 Å². The van der Waals surface area contributed by atoms with Gasteiger partial charge in [-0.2, -0.15) is 4.31 Å². The molecule has 1 aromatic rings. The third kappa shape index (κ3) is 3.12. The van der Waals surface area contributed by atoms with Crippen molar-refractivity contribution in [2.75, 3.05) is 18.8 Å². The maximum Gasteiger partial charge on any atom is 0.262 e. The summed E-state index contributed by atoms with van der Waals surface area (Å²) < 4.78 is 26.8. The van der Waals surface area contributed by atoms with Crippen LogP contribution in [0.3, 0.4) is 0 Å². The molecule has 0 aromatic carbocycles. The van der Waals surface area contributed by atoms with Crippen molar-refractivity contribution in [3.8, 4) is 0 Å². The molecule has 1 aliphatic heterocycles. The molecule has 1 unspecified atom stereocenters. The second-order valence-electron chi connectivity index (χ2n) is 5.74. The molecule has 1 atom stereocenters. The molecule has 1 saturated heterocycles. The second-order valence-corrected chi connectivity index (χ2v) is 7.59. The summed E-state index contributed by atoms with van der Waals surface area (Å²) in [5, 5.41) is -0.0111. The van der Waals surface area contributed by atoms with Crippen molar-refractivity contribution in [1.82, 2.24) is 9.29 Å². The predicted molar refractivity (Wildman–Crippen MR) is 79.6 cm³/mol. The van der Waals surface area contributed by atoms with Crippen molar-refractivity contribution in [1.29, 1.82) is 0 Å². The smallest absolute Gasteiger partial charge is 0.262 e. The first-order valence-electron chi connectivity index (χ1n) is 7.13. The maximum absolute atomic E-state index is 12.6. The molecule has 5 nitrogen and oxygen atoms in total. The van der Waals surface area contributed by atoms with Gasteiger partial charge in [0.1, 0.15) is 0 Å². The molecule has 0 amide bonds. The predicted octanol–water partition coefficient (Wildman–Crippen LogP) is 2.11. The van der Waals surface area contributed by atoms with Crippen molar-refractivity contribution in [2.24, 2.45) is 11.8 Å². The van der Waals surface area contributed by atoms with Crippen LogP contribution in [0, 0.1) is 11.8 Å². The fourth-order valence-electron chi connectivity index (χ4n) is 2.74. The number of sulfonamides is 1. The van der Waals surface area contributed by atoms with Gasteiger partial charge in [-0.05, 0) is 43.2 Å². The topological polar surface area (TPSA) is 76.3 Å². The Morgan fingerprint density at radius 1 is 1.35 bits per heavy atom. The number of aromatic nitrogens is 1. The van der Waals surface area contributed by atoms with Crippen LogP contribution >= 0.6 is 0 Å². The van der Waals surface area contributed by atoms with E-state index in [4.69, 9.17) is 5.73 Å². The molecule has 2 heterocycles. The van der Waals surface area contributed by atoms with Crippen LogP contribution in [0.2, 0.25) is 0 Å². The molecule has 1 aromatic heterocycles. The Hall–Kier alpha value is -1.14. The largest absolute Gasteiger partial charge is 0.396 e. The third-order valence-electron chi connectivity index (χ3n) is 4.06. The van der Waals surface area contributed by atoms with E-state index >= 15 is 0 Å². The monoisotopic (exact) mass is 297 g/mol. The van der Waals surface area contributed by atoms with Gasteiger partial charge < -0.3 is 5.73 Å². The Morgan fingerprint density at radius 3 is 2.75 bits per heavy atom. The molecule has 0 bridgehead atoms. The molecule has 1 fully saturated rings. The molecular formula is C14H23N3O2S. The minimum Gasteiger partial charge on any atom is -0.396 e. The molecule has 0 aliphatic carbocycles. The van der Waals surface area contributed by atoms with Gasteiger partial charge in [0, 0.05) is 19.3 Å². The lowest BCUT2D eigenvalue weighted by Crippen LogP contribution is -2.33. The number of pyridine rings is 1. The summed E-state index contributed by atoms with van der Waals surface area (Å²) in [7, 11) is -3.57. The summed E-state index contributed by atoms with van der Waals surface area (Å²) >= 11 is 0. The van der Waals surface area contributed by atoms with Crippen LogP contribution in [0.25, 0.3) is 0 Å². The van der Waals surface area contributed by atoms with Gasteiger partial charge in [0.2, 0.25) is 0 Å². The third-order valence-corrected chi connectivity index (χ3v) is 5.93. The molecular weight excluding hydrogens is 274 g/mol. The van der Waals surface area contributed by atoms with E-state index in [9.17, 15) is 8.42 Å². The zero-order chi connectivity index (χ0) is 14.8. The zero-order valence-electron chi connectivity index (χ0n) is 12.1. The zero-order valence-corrected chi connectivity index (χ0v) is 12.9. The van der Waals surface area contributed by atoms with Crippen LogP contribution in [0.1, 0.15) is 33.1 Å². The van der Waals surface area contributed by atoms with E-state index in [0.717, 1.165) is 19.3 Å². The standard InChI is InChI=1S/C14H23N3O2S/c1-11(2)12-5-4-9-17(10-7-12)20(18,19)14-13(15)6-3-8-16-14/h3,6,8,11-12H,4-5,7,9-10,15H2,1-2H3. The first-order chi connectivity index (χ1) is 9.43. The molecule has 0 saturated carbocycles. The number of hydrogen-bond donors (Lipinski definition) is 1. The lowest BCUT2D eigenvalue weighted by atomic mass is 9.89. The average Bonchev–Trinajstić information content (AvgIpc) is 2.65. The molecule has 6 heteroatoms. The van der Waals surface area contributed by atoms with E-state index in [1.54, 1.807) is 12.1 Å². The van der Waals surface area contributed by atoms with E-state index < -0.39 is 10.0 Å². The molecule has 0 radical (unpaired) electrons. The normalized spacial score (nSPS) is 21.9. The first-order valence-corrected chi connectivity index (χ1v) is 8.57. The van der Waals surface area contributed by atoms with Crippen molar-refractivity contribution < 1.29 is 8.42 Å². The number of nitrogens with zero attached hydrogens (tertiary/aromatic N) is 2. The van der Waals surface area contributed by atoms with Gasteiger partial charge in [-0.3, -0.25) is 0 Å². The minimum atomic E-state index is -3.57. The minimum absolute atomic E-state index is 0.0111. The van der Waals surface area contributed by atoms with Crippen LogP contribution < -0.4 is 5.73 Å². The van der Waals surface area contributed by atoms with Gasteiger partial charge >= 0.3 is 0 Å². The van der Waals surface area contributed by atoms with Crippen LogP contribution in [-0.2, 0) is 10.0 Å². The fourth-order valence-corrected chi connectivity index (χ4v) is 4.26. The highest BCUT2D eigenvalue weighted by Crippen LogP contribution is 2.28. The second kappa shape index (κ2) is 6.10. The number of rotatable bonds is 3. The Kier molecular flexibility index (Phi) is 4.65. The summed E-state index contributed by atoms with van der Waals surface area (Å²) in [4.78, 5) is 3.96. The Balaban J connectivity index is 2.21. The van der Waals surface area contributed by atoms with Gasteiger partial charge in [-0.15, -0.1) is 0 Å². The quantitative estimate of drug-likeness (QED) is 0.927. The van der Waals surface area contributed by atoms with Gasteiger partial charge in [0.05, 0.1) is 5.69 Å². The first kappa shape index (κ1) is 15.3. The van der Waals surface area contributed by atoms with Crippen molar-refractivity contribution in [2.45, 2.75) is 38.1 Å². The Labute approximate surface area is 121 Å². The summed E-state index contributed by atoms with van der Waals surface area (Å²) in [6.07, 6.45) is 4.36. The van der Waals surface area contributed by atoms with E-state index in [0.29, 0.717) is 24.9 Å². The highest BCUT2D eigenvalue weighted by Gasteiger charge is 2.30. The van der Waals surface area contributed by atoms with Crippen molar-refractivity contribution in [3.63, 3.8) is 0 Å². The number of hydrogen-bond acceptors (Lipinski definition) is 4. The summed E-state index contributed by atoms with van der Waals surface area (Å²) in [6.45, 7) is 5.51. The van der Waals surface area contributed by atoms with Gasteiger partial charge in [-0.25, -0.2) is 13.4 Å².